The zero-order valence-corrected chi connectivity index (χ0v) is 19.2. The van der Waals surface area contributed by atoms with Gasteiger partial charge in [0.1, 0.15) is 0 Å². The summed E-state index contributed by atoms with van der Waals surface area (Å²) in [5, 5.41) is 2.05. The Morgan fingerprint density at radius 3 is 2.29 bits per heavy atom. The molecule has 31 heavy (non-hydrogen) atoms. The summed E-state index contributed by atoms with van der Waals surface area (Å²) in [4.78, 5) is 31.4. The Kier molecular flexibility index (Phi) is 7.79. The second-order valence-corrected chi connectivity index (χ2v) is 10.3. The van der Waals surface area contributed by atoms with Crippen LogP contribution in [0.15, 0.2) is 47.8 Å². The average Bonchev–Trinajstić information content (AvgIpc) is 3.21. The Balaban J connectivity index is 1.40. The minimum Gasteiger partial charge on any atom is -0.333 e. The van der Waals surface area contributed by atoms with Crippen LogP contribution in [0.5, 0.6) is 0 Å². The van der Waals surface area contributed by atoms with E-state index >= 15 is 0 Å². The molecule has 1 aromatic carbocycles. The summed E-state index contributed by atoms with van der Waals surface area (Å²) in [6.45, 7) is 2.12. The fourth-order valence-corrected chi connectivity index (χ4v) is 5.26. The van der Waals surface area contributed by atoms with Gasteiger partial charge in [-0.2, -0.15) is 0 Å². The smallest absolute Gasteiger partial charge is 0.242 e. The van der Waals surface area contributed by atoms with Gasteiger partial charge in [0.25, 0.3) is 0 Å². The maximum atomic E-state index is 13.4. The standard InChI is InChI=1S/C26H34N2O2S/c29-25(15-14-21-7-4-5-8-21)28(18-23-12-13-23)20-26(30)27(19-24-11-6-16-31-24)17-22-9-2-1-3-10-22/h1-3,6,9-11,16,21,23H,4-5,7-8,12-15,17-20H2. The lowest BCUT2D eigenvalue weighted by atomic mass is 10.0. The molecule has 0 atom stereocenters. The summed E-state index contributed by atoms with van der Waals surface area (Å²) >= 11 is 1.67. The molecule has 2 aliphatic rings. The van der Waals surface area contributed by atoms with Gasteiger partial charge in [-0.15, -0.1) is 11.3 Å². The number of hydrogen-bond acceptors (Lipinski definition) is 3. The Morgan fingerprint density at radius 1 is 0.839 bits per heavy atom. The van der Waals surface area contributed by atoms with Gasteiger partial charge in [0, 0.05) is 24.4 Å². The van der Waals surface area contributed by atoms with Crippen molar-refractivity contribution in [2.75, 3.05) is 13.1 Å². The molecule has 1 aromatic heterocycles. The number of rotatable bonds is 11. The highest BCUT2D eigenvalue weighted by atomic mass is 32.1. The predicted octanol–water partition coefficient (Wildman–Crippen LogP) is 5.49. The van der Waals surface area contributed by atoms with Gasteiger partial charge in [-0.05, 0) is 48.1 Å². The Bertz CT molecular complexity index is 826. The molecule has 2 saturated carbocycles. The molecule has 166 valence electrons. The Morgan fingerprint density at radius 2 is 1.61 bits per heavy atom. The number of carbonyl (C=O) groups excluding carboxylic acids is 2. The first kappa shape index (κ1) is 22.1. The number of amides is 2. The third-order valence-electron chi connectivity index (χ3n) is 6.59. The molecule has 0 spiro atoms. The van der Waals surface area contributed by atoms with E-state index in [1.165, 1.54) is 43.4 Å². The summed E-state index contributed by atoms with van der Waals surface area (Å²) < 4.78 is 0. The largest absolute Gasteiger partial charge is 0.333 e. The minimum absolute atomic E-state index is 0.0483. The van der Waals surface area contributed by atoms with Crippen molar-refractivity contribution in [3.05, 3.63) is 58.3 Å². The highest BCUT2D eigenvalue weighted by Gasteiger charge is 2.29. The quantitative estimate of drug-likeness (QED) is 0.466. The normalized spacial score (nSPS) is 16.4. The molecule has 2 amide bonds. The maximum absolute atomic E-state index is 13.4. The molecular formula is C26H34N2O2S. The van der Waals surface area contributed by atoms with E-state index in [9.17, 15) is 9.59 Å². The first-order chi connectivity index (χ1) is 15.2. The van der Waals surface area contributed by atoms with Crippen molar-refractivity contribution in [3.63, 3.8) is 0 Å². The van der Waals surface area contributed by atoms with Crippen LogP contribution in [-0.4, -0.2) is 34.7 Å². The molecule has 2 aliphatic carbocycles. The number of benzene rings is 1. The summed E-state index contributed by atoms with van der Waals surface area (Å²) in [6, 6.07) is 14.2. The zero-order valence-electron chi connectivity index (χ0n) is 18.4. The molecule has 0 saturated heterocycles. The molecule has 0 N–H and O–H groups in total. The van der Waals surface area contributed by atoms with Gasteiger partial charge in [0.15, 0.2) is 0 Å². The molecule has 0 bridgehead atoms. The first-order valence-electron chi connectivity index (χ1n) is 11.8. The molecule has 5 heteroatoms. The topological polar surface area (TPSA) is 40.6 Å². The summed E-state index contributed by atoms with van der Waals surface area (Å²) in [7, 11) is 0. The van der Waals surface area contributed by atoms with E-state index in [0.717, 1.165) is 18.5 Å². The molecule has 2 fully saturated rings. The lowest BCUT2D eigenvalue weighted by molar-refractivity contribution is -0.141. The molecule has 0 radical (unpaired) electrons. The van der Waals surface area contributed by atoms with Gasteiger partial charge >= 0.3 is 0 Å². The van der Waals surface area contributed by atoms with Crippen LogP contribution in [0.4, 0.5) is 0 Å². The number of hydrogen-bond donors (Lipinski definition) is 0. The van der Waals surface area contributed by atoms with Crippen LogP contribution in [0.1, 0.15) is 61.8 Å². The van der Waals surface area contributed by atoms with E-state index in [1.807, 2.05) is 39.4 Å². The highest BCUT2D eigenvalue weighted by molar-refractivity contribution is 7.09. The summed E-state index contributed by atoms with van der Waals surface area (Å²) in [5.41, 5.74) is 1.12. The van der Waals surface area contributed by atoms with Gasteiger partial charge < -0.3 is 9.80 Å². The molecule has 1 heterocycles. The van der Waals surface area contributed by atoms with E-state index < -0.39 is 0 Å². The van der Waals surface area contributed by atoms with Crippen molar-refractivity contribution in [2.24, 2.45) is 11.8 Å². The second-order valence-electron chi connectivity index (χ2n) is 9.22. The molecule has 0 aliphatic heterocycles. The lowest BCUT2D eigenvalue weighted by Gasteiger charge is -2.28. The predicted molar refractivity (Wildman–Crippen MR) is 126 cm³/mol. The zero-order chi connectivity index (χ0) is 21.5. The van der Waals surface area contributed by atoms with E-state index in [4.69, 9.17) is 0 Å². The highest BCUT2D eigenvalue weighted by Crippen LogP contribution is 2.31. The lowest BCUT2D eigenvalue weighted by Crippen LogP contribution is -2.43. The van der Waals surface area contributed by atoms with E-state index in [-0.39, 0.29) is 18.4 Å². The van der Waals surface area contributed by atoms with Crippen LogP contribution < -0.4 is 0 Å². The fraction of sp³-hybridized carbons (Fsp3) is 0.538. The Hall–Kier alpha value is -2.14. The molecule has 4 rings (SSSR count). The molecule has 4 nitrogen and oxygen atoms in total. The van der Waals surface area contributed by atoms with Crippen molar-refractivity contribution < 1.29 is 9.59 Å². The van der Waals surface area contributed by atoms with Crippen LogP contribution in [0.25, 0.3) is 0 Å². The van der Waals surface area contributed by atoms with Crippen molar-refractivity contribution in [2.45, 2.75) is 64.5 Å². The Labute approximate surface area is 190 Å². The van der Waals surface area contributed by atoms with E-state index in [1.54, 1.807) is 11.3 Å². The van der Waals surface area contributed by atoms with Gasteiger partial charge in [-0.25, -0.2) is 0 Å². The molecular weight excluding hydrogens is 404 g/mol. The SMILES string of the molecule is O=C(CN(CC1CC1)C(=O)CCC1CCCC1)N(Cc1ccccc1)Cc1cccs1. The monoisotopic (exact) mass is 438 g/mol. The molecule has 0 unspecified atom stereocenters. The van der Waals surface area contributed by atoms with Crippen molar-refractivity contribution >= 4 is 23.2 Å². The summed E-state index contributed by atoms with van der Waals surface area (Å²) in [6.07, 6.45) is 9.08. The van der Waals surface area contributed by atoms with Gasteiger partial charge in [0.2, 0.25) is 11.8 Å². The fourth-order valence-electron chi connectivity index (χ4n) is 4.54. The van der Waals surface area contributed by atoms with E-state index in [0.29, 0.717) is 31.3 Å². The van der Waals surface area contributed by atoms with Crippen LogP contribution in [0.3, 0.4) is 0 Å². The first-order valence-corrected chi connectivity index (χ1v) is 12.7. The number of nitrogens with zero attached hydrogens (tertiary/aromatic N) is 2. The van der Waals surface area contributed by atoms with Crippen molar-refractivity contribution in [3.8, 4) is 0 Å². The van der Waals surface area contributed by atoms with Crippen LogP contribution in [0, 0.1) is 11.8 Å². The maximum Gasteiger partial charge on any atom is 0.242 e. The van der Waals surface area contributed by atoms with Crippen molar-refractivity contribution in [1.82, 2.24) is 9.80 Å². The average molecular weight is 439 g/mol. The second kappa shape index (κ2) is 10.9. The third-order valence-corrected chi connectivity index (χ3v) is 7.45. The van der Waals surface area contributed by atoms with Gasteiger partial charge in [-0.3, -0.25) is 9.59 Å². The minimum atomic E-state index is 0.0483. The third kappa shape index (κ3) is 6.93. The van der Waals surface area contributed by atoms with Crippen LogP contribution >= 0.6 is 11.3 Å². The van der Waals surface area contributed by atoms with Gasteiger partial charge in [0.05, 0.1) is 13.1 Å². The number of thiophene rings is 1. The van der Waals surface area contributed by atoms with Crippen LogP contribution in [0.2, 0.25) is 0 Å². The van der Waals surface area contributed by atoms with Crippen molar-refractivity contribution in [1.29, 1.82) is 0 Å². The van der Waals surface area contributed by atoms with Gasteiger partial charge in [-0.1, -0.05) is 62.1 Å². The van der Waals surface area contributed by atoms with Crippen LogP contribution in [-0.2, 0) is 22.7 Å². The van der Waals surface area contributed by atoms with E-state index in [2.05, 4.69) is 18.2 Å². The summed E-state index contributed by atoms with van der Waals surface area (Å²) in [5.74, 6) is 1.51. The molecule has 2 aromatic rings. The number of carbonyl (C=O) groups is 2.